The standard InChI is InChI=1S/C25H21NO/c1-19-7-9-20(10-8-19)17-26-18-24(15-16-25(26)27)23-13-11-22(12-14-23)21-5-3-2-4-6-21/h2-16,18H,17H2,1H3. The second-order valence-electron chi connectivity index (χ2n) is 6.81. The van der Waals surface area contributed by atoms with E-state index in [9.17, 15) is 4.79 Å². The molecule has 0 fully saturated rings. The Labute approximate surface area is 159 Å². The molecule has 4 aromatic rings. The molecule has 0 amide bonds. The lowest BCUT2D eigenvalue weighted by atomic mass is 10.0. The molecule has 4 rings (SSSR count). The van der Waals surface area contributed by atoms with E-state index in [2.05, 4.69) is 67.6 Å². The van der Waals surface area contributed by atoms with E-state index in [1.807, 2.05) is 30.5 Å². The molecule has 0 atom stereocenters. The monoisotopic (exact) mass is 351 g/mol. The maximum Gasteiger partial charge on any atom is 0.250 e. The topological polar surface area (TPSA) is 22.0 Å². The number of rotatable bonds is 4. The third kappa shape index (κ3) is 3.90. The van der Waals surface area contributed by atoms with Gasteiger partial charge in [-0.1, -0.05) is 84.4 Å². The molecule has 0 spiro atoms. The van der Waals surface area contributed by atoms with Crippen LogP contribution in [0.3, 0.4) is 0 Å². The molecule has 0 unspecified atom stereocenters. The zero-order valence-electron chi connectivity index (χ0n) is 15.3. The zero-order valence-corrected chi connectivity index (χ0v) is 15.3. The smallest absolute Gasteiger partial charge is 0.250 e. The van der Waals surface area contributed by atoms with Crippen molar-refractivity contribution in [2.45, 2.75) is 13.5 Å². The summed E-state index contributed by atoms with van der Waals surface area (Å²) >= 11 is 0. The van der Waals surface area contributed by atoms with Crippen molar-refractivity contribution in [1.29, 1.82) is 0 Å². The quantitative estimate of drug-likeness (QED) is 0.473. The van der Waals surface area contributed by atoms with Gasteiger partial charge in [-0.15, -0.1) is 0 Å². The minimum atomic E-state index is 0.0141. The maximum absolute atomic E-state index is 12.3. The fourth-order valence-electron chi connectivity index (χ4n) is 3.20. The van der Waals surface area contributed by atoms with E-state index in [-0.39, 0.29) is 5.56 Å². The van der Waals surface area contributed by atoms with Crippen LogP contribution in [0.4, 0.5) is 0 Å². The predicted octanol–water partition coefficient (Wildman–Crippen LogP) is 5.54. The molecule has 27 heavy (non-hydrogen) atoms. The Hall–Kier alpha value is -3.39. The summed E-state index contributed by atoms with van der Waals surface area (Å²) in [6.07, 6.45) is 1.94. The molecule has 0 bridgehead atoms. The van der Waals surface area contributed by atoms with Gasteiger partial charge in [-0.05, 0) is 40.8 Å². The molecule has 0 saturated carbocycles. The first-order valence-corrected chi connectivity index (χ1v) is 9.11. The first-order chi connectivity index (χ1) is 13.2. The highest BCUT2D eigenvalue weighted by atomic mass is 16.1. The number of aryl methyl sites for hydroxylation is 1. The van der Waals surface area contributed by atoms with Gasteiger partial charge in [0.2, 0.25) is 0 Å². The van der Waals surface area contributed by atoms with Crippen molar-refractivity contribution in [1.82, 2.24) is 4.57 Å². The summed E-state index contributed by atoms with van der Waals surface area (Å²) < 4.78 is 1.77. The Bertz CT molecular complexity index is 1090. The van der Waals surface area contributed by atoms with E-state index in [1.54, 1.807) is 10.6 Å². The molecular weight excluding hydrogens is 330 g/mol. The molecule has 2 heteroatoms. The lowest BCUT2D eigenvalue weighted by Gasteiger charge is -2.10. The summed E-state index contributed by atoms with van der Waals surface area (Å²) in [7, 11) is 0. The van der Waals surface area contributed by atoms with Gasteiger partial charge in [-0.2, -0.15) is 0 Å². The molecule has 0 aliphatic heterocycles. The summed E-state index contributed by atoms with van der Waals surface area (Å²) in [4.78, 5) is 12.3. The highest BCUT2D eigenvalue weighted by molar-refractivity contribution is 5.69. The van der Waals surface area contributed by atoms with Crippen LogP contribution in [0.2, 0.25) is 0 Å². The summed E-state index contributed by atoms with van der Waals surface area (Å²) in [6.45, 7) is 2.64. The van der Waals surface area contributed by atoms with Gasteiger partial charge < -0.3 is 4.57 Å². The van der Waals surface area contributed by atoms with E-state index in [4.69, 9.17) is 0 Å². The molecule has 2 nitrogen and oxygen atoms in total. The largest absolute Gasteiger partial charge is 0.310 e. The number of aromatic nitrogens is 1. The van der Waals surface area contributed by atoms with Crippen LogP contribution in [-0.2, 0) is 6.54 Å². The van der Waals surface area contributed by atoms with E-state index >= 15 is 0 Å². The van der Waals surface area contributed by atoms with Crippen molar-refractivity contribution in [2.24, 2.45) is 0 Å². The van der Waals surface area contributed by atoms with Gasteiger partial charge in [0.25, 0.3) is 5.56 Å². The van der Waals surface area contributed by atoms with Gasteiger partial charge in [-0.3, -0.25) is 4.79 Å². The Morgan fingerprint density at radius 1 is 0.630 bits per heavy atom. The number of hydrogen-bond acceptors (Lipinski definition) is 1. The van der Waals surface area contributed by atoms with Crippen LogP contribution in [0.25, 0.3) is 22.3 Å². The lowest BCUT2D eigenvalue weighted by Crippen LogP contribution is -2.19. The van der Waals surface area contributed by atoms with Crippen LogP contribution in [-0.4, -0.2) is 4.57 Å². The first-order valence-electron chi connectivity index (χ1n) is 9.11. The molecule has 0 N–H and O–H groups in total. The first kappa shape index (κ1) is 17.0. The second-order valence-corrected chi connectivity index (χ2v) is 6.81. The predicted molar refractivity (Wildman–Crippen MR) is 112 cm³/mol. The molecule has 1 aromatic heterocycles. The van der Waals surface area contributed by atoms with Crippen molar-refractivity contribution >= 4 is 0 Å². The molecule has 0 saturated heterocycles. The third-order valence-corrected chi connectivity index (χ3v) is 4.78. The van der Waals surface area contributed by atoms with Gasteiger partial charge in [0, 0.05) is 12.3 Å². The fourth-order valence-corrected chi connectivity index (χ4v) is 3.20. The average Bonchev–Trinajstić information content (AvgIpc) is 2.72. The molecule has 0 radical (unpaired) electrons. The number of pyridine rings is 1. The molecule has 1 heterocycles. The summed E-state index contributed by atoms with van der Waals surface area (Å²) in [5.41, 5.74) is 6.90. The van der Waals surface area contributed by atoms with Crippen LogP contribution >= 0.6 is 0 Å². The maximum atomic E-state index is 12.3. The van der Waals surface area contributed by atoms with Crippen LogP contribution in [0.15, 0.2) is 102 Å². The summed E-state index contributed by atoms with van der Waals surface area (Å²) in [6, 6.07) is 30.6. The molecule has 132 valence electrons. The minimum absolute atomic E-state index is 0.0141. The van der Waals surface area contributed by atoms with E-state index in [0.29, 0.717) is 6.54 Å². The molecule has 0 aliphatic rings. The average molecular weight is 351 g/mol. The van der Waals surface area contributed by atoms with Crippen LogP contribution < -0.4 is 5.56 Å². The minimum Gasteiger partial charge on any atom is -0.310 e. The Kier molecular flexibility index (Phi) is 4.71. The molecule has 0 aliphatic carbocycles. The van der Waals surface area contributed by atoms with Crippen molar-refractivity contribution in [3.05, 3.63) is 119 Å². The number of nitrogens with zero attached hydrogens (tertiary/aromatic N) is 1. The van der Waals surface area contributed by atoms with Gasteiger partial charge in [0.1, 0.15) is 0 Å². The van der Waals surface area contributed by atoms with Crippen molar-refractivity contribution < 1.29 is 0 Å². The third-order valence-electron chi connectivity index (χ3n) is 4.78. The number of benzene rings is 3. The van der Waals surface area contributed by atoms with E-state index in [1.165, 1.54) is 16.7 Å². The molecular formula is C25H21NO. The Morgan fingerprint density at radius 3 is 1.85 bits per heavy atom. The van der Waals surface area contributed by atoms with Gasteiger partial charge in [0.15, 0.2) is 0 Å². The highest BCUT2D eigenvalue weighted by Crippen LogP contribution is 2.24. The summed E-state index contributed by atoms with van der Waals surface area (Å²) in [5.74, 6) is 0. The van der Waals surface area contributed by atoms with Crippen molar-refractivity contribution in [2.75, 3.05) is 0 Å². The lowest BCUT2D eigenvalue weighted by molar-refractivity contribution is 0.761. The van der Waals surface area contributed by atoms with Gasteiger partial charge in [-0.25, -0.2) is 0 Å². The van der Waals surface area contributed by atoms with E-state index < -0.39 is 0 Å². The molecule has 3 aromatic carbocycles. The summed E-state index contributed by atoms with van der Waals surface area (Å²) in [5, 5.41) is 0. The Balaban J connectivity index is 1.62. The number of hydrogen-bond donors (Lipinski definition) is 0. The normalized spacial score (nSPS) is 10.7. The Morgan fingerprint density at radius 2 is 1.19 bits per heavy atom. The van der Waals surface area contributed by atoms with Crippen LogP contribution in [0.1, 0.15) is 11.1 Å². The van der Waals surface area contributed by atoms with Gasteiger partial charge >= 0.3 is 0 Å². The SMILES string of the molecule is Cc1ccc(Cn2cc(-c3ccc(-c4ccccc4)cc3)ccc2=O)cc1. The van der Waals surface area contributed by atoms with Crippen LogP contribution in [0, 0.1) is 6.92 Å². The second kappa shape index (κ2) is 7.46. The van der Waals surface area contributed by atoms with E-state index in [0.717, 1.165) is 16.7 Å². The van der Waals surface area contributed by atoms with Crippen molar-refractivity contribution in [3.8, 4) is 22.3 Å². The zero-order chi connectivity index (χ0) is 18.6. The van der Waals surface area contributed by atoms with Gasteiger partial charge in [0.05, 0.1) is 6.54 Å². The highest BCUT2D eigenvalue weighted by Gasteiger charge is 2.04. The van der Waals surface area contributed by atoms with Crippen LogP contribution in [0.5, 0.6) is 0 Å². The van der Waals surface area contributed by atoms with Crippen molar-refractivity contribution in [3.63, 3.8) is 0 Å². The fraction of sp³-hybridized carbons (Fsp3) is 0.0800.